The van der Waals surface area contributed by atoms with Crippen molar-refractivity contribution >= 4 is 0 Å². The lowest BCUT2D eigenvalue weighted by atomic mass is 10.1. The Hall–Kier alpha value is -2.08. The SMILES string of the molecule is COc1cc([C@@H](C)N)ccc1OCc1nc(C)no1. The van der Waals surface area contributed by atoms with E-state index in [1.54, 1.807) is 14.0 Å². The zero-order valence-corrected chi connectivity index (χ0v) is 11.2. The number of rotatable bonds is 5. The molecule has 1 aromatic heterocycles. The first-order valence-electron chi connectivity index (χ1n) is 5.95. The van der Waals surface area contributed by atoms with Gasteiger partial charge in [-0.05, 0) is 31.5 Å². The van der Waals surface area contributed by atoms with Crippen molar-refractivity contribution < 1.29 is 14.0 Å². The summed E-state index contributed by atoms with van der Waals surface area (Å²) in [6, 6.07) is 5.53. The van der Waals surface area contributed by atoms with Crippen molar-refractivity contribution in [3.05, 3.63) is 35.5 Å². The van der Waals surface area contributed by atoms with E-state index in [0.29, 0.717) is 23.2 Å². The highest BCUT2D eigenvalue weighted by Crippen LogP contribution is 2.30. The molecule has 0 aliphatic rings. The quantitative estimate of drug-likeness (QED) is 0.888. The molecule has 6 nitrogen and oxygen atoms in total. The van der Waals surface area contributed by atoms with Crippen LogP contribution in [-0.4, -0.2) is 17.3 Å². The summed E-state index contributed by atoms with van der Waals surface area (Å²) >= 11 is 0. The third-order valence-electron chi connectivity index (χ3n) is 2.63. The highest BCUT2D eigenvalue weighted by molar-refractivity contribution is 5.43. The minimum atomic E-state index is -0.0541. The molecule has 0 spiro atoms. The highest BCUT2D eigenvalue weighted by atomic mass is 16.5. The fourth-order valence-electron chi connectivity index (χ4n) is 1.62. The van der Waals surface area contributed by atoms with Crippen LogP contribution < -0.4 is 15.2 Å². The topological polar surface area (TPSA) is 83.4 Å². The number of aryl methyl sites for hydroxylation is 1. The molecule has 1 heterocycles. The van der Waals surface area contributed by atoms with E-state index >= 15 is 0 Å². The Bertz CT molecular complexity index is 552. The van der Waals surface area contributed by atoms with Crippen LogP contribution >= 0.6 is 0 Å². The van der Waals surface area contributed by atoms with Gasteiger partial charge in [-0.25, -0.2) is 0 Å². The van der Waals surface area contributed by atoms with E-state index in [1.165, 1.54) is 0 Å². The van der Waals surface area contributed by atoms with Crippen LogP contribution in [0, 0.1) is 6.92 Å². The average Bonchev–Trinajstić information content (AvgIpc) is 2.81. The summed E-state index contributed by atoms with van der Waals surface area (Å²) in [6.07, 6.45) is 0. The monoisotopic (exact) mass is 263 g/mol. The largest absolute Gasteiger partial charge is 0.493 e. The first-order chi connectivity index (χ1) is 9.10. The summed E-state index contributed by atoms with van der Waals surface area (Å²) in [5.41, 5.74) is 6.81. The summed E-state index contributed by atoms with van der Waals surface area (Å²) in [4.78, 5) is 4.06. The Balaban J connectivity index is 2.11. The lowest BCUT2D eigenvalue weighted by Crippen LogP contribution is -2.05. The van der Waals surface area contributed by atoms with Gasteiger partial charge in [0.1, 0.15) is 0 Å². The van der Waals surface area contributed by atoms with Crippen molar-refractivity contribution in [2.24, 2.45) is 5.73 Å². The molecule has 19 heavy (non-hydrogen) atoms. The normalized spacial score (nSPS) is 12.2. The van der Waals surface area contributed by atoms with Crippen molar-refractivity contribution in [3.63, 3.8) is 0 Å². The lowest BCUT2D eigenvalue weighted by Gasteiger charge is -2.12. The third kappa shape index (κ3) is 3.23. The third-order valence-corrected chi connectivity index (χ3v) is 2.63. The van der Waals surface area contributed by atoms with E-state index in [-0.39, 0.29) is 12.6 Å². The molecule has 0 aliphatic heterocycles. The van der Waals surface area contributed by atoms with Crippen LogP contribution in [0.2, 0.25) is 0 Å². The van der Waals surface area contributed by atoms with Crippen LogP contribution in [0.4, 0.5) is 0 Å². The number of aromatic nitrogens is 2. The number of hydrogen-bond donors (Lipinski definition) is 1. The predicted molar refractivity (Wildman–Crippen MR) is 69.0 cm³/mol. The first-order valence-corrected chi connectivity index (χ1v) is 5.95. The molecule has 0 fully saturated rings. The molecule has 6 heteroatoms. The molecule has 1 atom stereocenters. The highest BCUT2D eigenvalue weighted by Gasteiger charge is 2.10. The van der Waals surface area contributed by atoms with Crippen LogP contribution in [0.5, 0.6) is 11.5 Å². The second kappa shape index (κ2) is 5.71. The molecule has 102 valence electrons. The van der Waals surface area contributed by atoms with Gasteiger partial charge in [0.25, 0.3) is 5.89 Å². The Morgan fingerprint density at radius 1 is 1.37 bits per heavy atom. The van der Waals surface area contributed by atoms with E-state index < -0.39 is 0 Å². The van der Waals surface area contributed by atoms with Gasteiger partial charge in [0.05, 0.1) is 7.11 Å². The molecule has 0 aliphatic carbocycles. The molecule has 0 radical (unpaired) electrons. The second-order valence-electron chi connectivity index (χ2n) is 4.22. The maximum Gasteiger partial charge on any atom is 0.264 e. The number of benzene rings is 1. The van der Waals surface area contributed by atoms with Gasteiger partial charge in [-0.3, -0.25) is 0 Å². The Kier molecular flexibility index (Phi) is 4.01. The first kappa shape index (κ1) is 13.4. The van der Waals surface area contributed by atoms with Gasteiger partial charge in [0.15, 0.2) is 23.9 Å². The maximum atomic E-state index is 5.83. The molecule has 0 amide bonds. The number of nitrogens with zero attached hydrogens (tertiary/aromatic N) is 2. The molecule has 2 rings (SSSR count). The van der Waals surface area contributed by atoms with E-state index in [4.69, 9.17) is 19.7 Å². The van der Waals surface area contributed by atoms with E-state index in [0.717, 1.165) is 5.56 Å². The van der Waals surface area contributed by atoms with Gasteiger partial charge in [-0.15, -0.1) is 0 Å². The molecular formula is C13H17N3O3. The molecule has 1 aromatic carbocycles. The van der Waals surface area contributed by atoms with Gasteiger partial charge >= 0.3 is 0 Å². The van der Waals surface area contributed by atoms with E-state index in [9.17, 15) is 0 Å². The van der Waals surface area contributed by atoms with Gasteiger partial charge in [0.2, 0.25) is 0 Å². The van der Waals surface area contributed by atoms with Crippen LogP contribution in [0.3, 0.4) is 0 Å². The average molecular weight is 263 g/mol. The van der Waals surface area contributed by atoms with E-state index in [1.807, 2.05) is 25.1 Å². The standard InChI is InChI=1S/C13H17N3O3/c1-8(14)10-4-5-11(12(6-10)17-3)18-7-13-15-9(2)16-19-13/h4-6,8H,7,14H2,1-3H3/t8-/m1/s1. The maximum absolute atomic E-state index is 5.83. The minimum Gasteiger partial charge on any atom is -0.493 e. The fraction of sp³-hybridized carbons (Fsp3) is 0.385. The smallest absolute Gasteiger partial charge is 0.264 e. The molecule has 2 N–H and O–H groups in total. The van der Waals surface area contributed by atoms with Crippen molar-refractivity contribution in [1.29, 1.82) is 0 Å². The zero-order valence-electron chi connectivity index (χ0n) is 11.2. The van der Waals surface area contributed by atoms with Gasteiger partial charge in [-0.1, -0.05) is 11.2 Å². The summed E-state index contributed by atoms with van der Waals surface area (Å²) in [5.74, 6) is 2.25. The van der Waals surface area contributed by atoms with Crippen molar-refractivity contribution in [1.82, 2.24) is 10.1 Å². The summed E-state index contributed by atoms with van der Waals surface area (Å²) in [5, 5.41) is 3.69. The molecule has 2 aromatic rings. The Labute approximate surface area is 111 Å². The summed E-state index contributed by atoms with van der Waals surface area (Å²) in [6.45, 7) is 3.87. The van der Waals surface area contributed by atoms with Gasteiger partial charge in [-0.2, -0.15) is 4.98 Å². The lowest BCUT2D eigenvalue weighted by molar-refractivity contribution is 0.233. The number of nitrogens with two attached hydrogens (primary N) is 1. The molecule has 0 unspecified atom stereocenters. The van der Waals surface area contributed by atoms with Crippen LogP contribution in [0.25, 0.3) is 0 Å². The minimum absolute atomic E-state index is 0.0541. The van der Waals surface area contributed by atoms with Crippen molar-refractivity contribution in [3.8, 4) is 11.5 Å². The molecule has 0 saturated carbocycles. The van der Waals surface area contributed by atoms with Gasteiger partial charge < -0.3 is 19.7 Å². The number of ether oxygens (including phenoxy) is 2. The Morgan fingerprint density at radius 2 is 2.16 bits per heavy atom. The van der Waals surface area contributed by atoms with E-state index in [2.05, 4.69) is 10.1 Å². The Morgan fingerprint density at radius 3 is 2.74 bits per heavy atom. The number of methoxy groups -OCH3 is 1. The summed E-state index contributed by atoms with van der Waals surface area (Å²) in [7, 11) is 1.59. The molecular weight excluding hydrogens is 246 g/mol. The van der Waals surface area contributed by atoms with Gasteiger partial charge in [0, 0.05) is 6.04 Å². The summed E-state index contributed by atoms with van der Waals surface area (Å²) < 4.78 is 15.9. The van der Waals surface area contributed by atoms with Crippen molar-refractivity contribution in [2.75, 3.05) is 7.11 Å². The molecule has 0 saturated heterocycles. The fourth-order valence-corrected chi connectivity index (χ4v) is 1.62. The van der Waals surface area contributed by atoms with Crippen LogP contribution in [-0.2, 0) is 6.61 Å². The number of hydrogen-bond acceptors (Lipinski definition) is 6. The molecule has 0 bridgehead atoms. The zero-order chi connectivity index (χ0) is 13.8. The van der Waals surface area contributed by atoms with Crippen molar-refractivity contribution in [2.45, 2.75) is 26.5 Å². The van der Waals surface area contributed by atoms with Crippen LogP contribution in [0.1, 0.15) is 30.2 Å². The van der Waals surface area contributed by atoms with Crippen LogP contribution in [0.15, 0.2) is 22.7 Å². The second-order valence-corrected chi connectivity index (χ2v) is 4.22. The predicted octanol–water partition coefficient (Wildman–Crippen LogP) is 1.99.